The summed E-state index contributed by atoms with van der Waals surface area (Å²) in [4.78, 5) is 25.7. The van der Waals surface area contributed by atoms with Crippen LogP contribution in [0.2, 0.25) is 0 Å². The first-order valence-electron chi connectivity index (χ1n) is 8.82. The predicted octanol–water partition coefficient (Wildman–Crippen LogP) is 3.51. The van der Waals surface area contributed by atoms with Crippen LogP contribution < -0.4 is 10.1 Å². The number of likely N-dealkylation sites (N-methyl/N-ethyl adjacent to an activating group) is 1. The van der Waals surface area contributed by atoms with Crippen LogP contribution in [-0.4, -0.2) is 48.4 Å². The Bertz CT molecular complexity index is 745. The molecule has 2 aromatic rings. The minimum Gasteiger partial charge on any atom is -0.492 e. The Hall–Kier alpha value is -2.47. The third kappa shape index (κ3) is 7.74. The second-order valence-electron chi connectivity index (χ2n) is 6.38. The summed E-state index contributed by atoms with van der Waals surface area (Å²) in [5.74, 6) is 1.18. The van der Waals surface area contributed by atoms with Crippen molar-refractivity contribution in [3.8, 4) is 5.75 Å². The largest absolute Gasteiger partial charge is 0.492 e. The van der Waals surface area contributed by atoms with Crippen molar-refractivity contribution >= 4 is 29.3 Å². The monoisotopic (exact) mass is 386 g/mol. The molecule has 0 bridgehead atoms. The SMILES string of the molecule is Cc1ccc(NC(=O)CSCC(=O)N(C)CCOc2ccc(C)cc2)cc1. The molecule has 0 aliphatic rings. The molecular weight excluding hydrogens is 360 g/mol. The summed E-state index contributed by atoms with van der Waals surface area (Å²) in [5.41, 5.74) is 3.09. The van der Waals surface area contributed by atoms with Crippen molar-refractivity contribution in [2.75, 3.05) is 37.0 Å². The standard InChI is InChI=1S/C21H26N2O3S/c1-16-4-8-18(9-5-16)22-20(24)14-27-15-21(25)23(3)12-13-26-19-10-6-17(2)7-11-19/h4-11H,12-15H2,1-3H3,(H,22,24). The van der Waals surface area contributed by atoms with Gasteiger partial charge in [0.25, 0.3) is 0 Å². The number of thioether (sulfide) groups is 1. The molecule has 0 saturated carbocycles. The van der Waals surface area contributed by atoms with Gasteiger partial charge in [0.2, 0.25) is 11.8 Å². The highest BCUT2D eigenvalue weighted by atomic mass is 32.2. The van der Waals surface area contributed by atoms with E-state index in [1.807, 2.05) is 62.4 Å². The van der Waals surface area contributed by atoms with Crippen molar-refractivity contribution in [1.29, 1.82) is 0 Å². The Morgan fingerprint density at radius 1 is 0.963 bits per heavy atom. The molecule has 0 heterocycles. The molecule has 5 nitrogen and oxygen atoms in total. The number of ether oxygens (including phenoxy) is 1. The van der Waals surface area contributed by atoms with Gasteiger partial charge >= 0.3 is 0 Å². The van der Waals surface area contributed by atoms with Crippen LogP contribution in [0, 0.1) is 13.8 Å². The molecule has 0 aliphatic carbocycles. The van der Waals surface area contributed by atoms with E-state index in [1.165, 1.54) is 17.3 Å². The fourth-order valence-corrected chi connectivity index (χ4v) is 2.99. The van der Waals surface area contributed by atoms with Crippen molar-refractivity contribution in [3.63, 3.8) is 0 Å². The number of nitrogens with zero attached hydrogens (tertiary/aromatic N) is 1. The number of carbonyl (C=O) groups excluding carboxylic acids is 2. The second-order valence-corrected chi connectivity index (χ2v) is 7.37. The van der Waals surface area contributed by atoms with Crippen LogP contribution in [0.5, 0.6) is 5.75 Å². The summed E-state index contributed by atoms with van der Waals surface area (Å²) in [5, 5.41) is 2.82. The number of carbonyl (C=O) groups is 2. The fraction of sp³-hybridized carbons (Fsp3) is 0.333. The van der Waals surface area contributed by atoms with Gasteiger partial charge < -0.3 is 15.0 Å². The molecule has 144 valence electrons. The lowest BCUT2D eigenvalue weighted by atomic mass is 10.2. The fourth-order valence-electron chi connectivity index (χ4n) is 2.23. The molecular formula is C21H26N2O3S. The van der Waals surface area contributed by atoms with Gasteiger partial charge in [0.15, 0.2) is 0 Å². The van der Waals surface area contributed by atoms with E-state index in [-0.39, 0.29) is 23.3 Å². The van der Waals surface area contributed by atoms with Crippen LogP contribution in [-0.2, 0) is 9.59 Å². The minimum absolute atomic E-state index is 0.0179. The summed E-state index contributed by atoms with van der Waals surface area (Å²) < 4.78 is 5.63. The molecule has 0 spiro atoms. The third-order valence-electron chi connectivity index (χ3n) is 3.94. The predicted molar refractivity (Wildman–Crippen MR) is 111 cm³/mol. The quantitative estimate of drug-likeness (QED) is 0.716. The molecule has 0 fully saturated rings. The van der Waals surface area contributed by atoms with Crippen LogP contribution in [0.1, 0.15) is 11.1 Å². The number of benzene rings is 2. The van der Waals surface area contributed by atoms with Crippen molar-refractivity contribution in [1.82, 2.24) is 4.90 Å². The van der Waals surface area contributed by atoms with Gasteiger partial charge in [-0.1, -0.05) is 35.4 Å². The summed E-state index contributed by atoms with van der Waals surface area (Å²) >= 11 is 1.31. The molecule has 6 heteroatoms. The maximum Gasteiger partial charge on any atom is 0.234 e. The Balaban J connectivity index is 1.61. The van der Waals surface area contributed by atoms with E-state index in [9.17, 15) is 9.59 Å². The summed E-state index contributed by atoms with van der Waals surface area (Å²) in [6, 6.07) is 15.4. The van der Waals surface area contributed by atoms with Gasteiger partial charge in [-0.15, -0.1) is 11.8 Å². The van der Waals surface area contributed by atoms with E-state index in [0.29, 0.717) is 13.2 Å². The molecule has 27 heavy (non-hydrogen) atoms. The molecule has 1 N–H and O–H groups in total. The highest BCUT2D eigenvalue weighted by Crippen LogP contribution is 2.12. The van der Waals surface area contributed by atoms with Crippen LogP contribution in [0.3, 0.4) is 0 Å². The molecule has 0 unspecified atom stereocenters. The smallest absolute Gasteiger partial charge is 0.234 e. The zero-order valence-corrected chi connectivity index (χ0v) is 16.8. The van der Waals surface area contributed by atoms with Crippen LogP contribution in [0.4, 0.5) is 5.69 Å². The van der Waals surface area contributed by atoms with E-state index in [0.717, 1.165) is 17.0 Å². The first-order valence-corrected chi connectivity index (χ1v) is 9.97. The average Bonchev–Trinajstić information content (AvgIpc) is 2.65. The van der Waals surface area contributed by atoms with Crippen molar-refractivity contribution in [3.05, 3.63) is 59.7 Å². The Labute approximate surface area is 165 Å². The molecule has 0 radical (unpaired) electrons. The Kier molecular flexibility index (Phi) is 8.20. The van der Waals surface area contributed by atoms with Gasteiger partial charge in [-0.3, -0.25) is 9.59 Å². The molecule has 0 atom stereocenters. The minimum atomic E-state index is -0.109. The highest BCUT2D eigenvalue weighted by molar-refractivity contribution is 8.00. The van der Waals surface area contributed by atoms with E-state index < -0.39 is 0 Å². The van der Waals surface area contributed by atoms with Crippen LogP contribution in [0.15, 0.2) is 48.5 Å². The molecule has 0 aromatic heterocycles. The molecule has 0 saturated heterocycles. The molecule has 0 aliphatic heterocycles. The normalized spacial score (nSPS) is 10.3. The molecule has 2 rings (SSSR count). The van der Waals surface area contributed by atoms with E-state index in [2.05, 4.69) is 5.32 Å². The molecule has 2 amide bonds. The lowest BCUT2D eigenvalue weighted by Crippen LogP contribution is -2.32. The van der Waals surface area contributed by atoms with Gasteiger partial charge in [0.05, 0.1) is 18.1 Å². The van der Waals surface area contributed by atoms with E-state index in [1.54, 1.807) is 11.9 Å². The maximum atomic E-state index is 12.1. The number of aryl methyl sites for hydroxylation is 2. The van der Waals surface area contributed by atoms with E-state index >= 15 is 0 Å². The van der Waals surface area contributed by atoms with E-state index in [4.69, 9.17) is 4.74 Å². The lowest BCUT2D eigenvalue weighted by Gasteiger charge is -2.17. The zero-order valence-electron chi connectivity index (χ0n) is 16.0. The van der Waals surface area contributed by atoms with Gasteiger partial charge in [0, 0.05) is 12.7 Å². The summed E-state index contributed by atoms with van der Waals surface area (Å²) in [6.07, 6.45) is 0. The van der Waals surface area contributed by atoms with Gasteiger partial charge in [-0.25, -0.2) is 0 Å². The van der Waals surface area contributed by atoms with Crippen molar-refractivity contribution in [2.24, 2.45) is 0 Å². The number of anilines is 1. The topological polar surface area (TPSA) is 58.6 Å². The number of hydrogen-bond acceptors (Lipinski definition) is 4. The third-order valence-corrected chi connectivity index (χ3v) is 4.85. The van der Waals surface area contributed by atoms with Crippen molar-refractivity contribution < 1.29 is 14.3 Å². The highest BCUT2D eigenvalue weighted by Gasteiger charge is 2.10. The average molecular weight is 387 g/mol. The van der Waals surface area contributed by atoms with Crippen LogP contribution in [0.25, 0.3) is 0 Å². The van der Waals surface area contributed by atoms with Gasteiger partial charge in [0.1, 0.15) is 12.4 Å². The first-order chi connectivity index (χ1) is 12.9. The molecule has 2 aromatic carbocycles. The van der Waals surface area contributed by atoms with Crippen LogP contribution >= 0.6 is 11.8 Å². The maximum absolute atomic E-state index is 12.1. The zero-order chi connectivity index (χ0) is 19.6. The summed E-state index contributed by atoms with van der Waals surface area (Å²) in [7, 11) is 1.74. The first kappa shape index (κ1) is 20.8. The second kappa shape index (κ2) is 10.6. The number of rotatable bonds is 9. The van der Waals surface area contributed by atoms with Crippen molar-refractivity contribution in [2.45, 2.75) is 13.8 Å². The van der Waals surface area contributed by atoms with Gasteiger partial charge in [-0.2, -0.15) is 0 Å². The lowest BCUT2D eigenvalue weighted by molar-refractivity contribution is -0.127. The number of amides is 2. The Morgan fingerprint density at radius 2 is 1.56 bits per heavy atom. The number of hydrogen-bond donors (Lipinski definition) is 1. The number of nitrogens with one attached hydrogen (secondary N) is 1. The summed E-state index contributed by atoms with van der Waals surface area (Å²) in [6.45, 7) is 4.96. The Morgan fingerprint density at radius 3 is 2.19 bits per heavy atom. The van der Waals surface area contributed by atoms with Gasteiger partial charge in [-0.05, 0) is 38.1 Å².